The second-order valence-electron chi connectivity index (χ2n) is 15.2. The van der Waals surface area contributed by atoms with Crippen molar-refractivity contribution in [3.8, 4) is 0 Å². The van der Waals surface area contributed by atoms with Gasteiger partial charge in [0.2, 0.25) is 23.6 Å². The summed E-state index contributed by atoms with van der Waals surface area (Å²) in [4.78, 5) is 52.9. The molecule has 3 aliphatic heterocycles. The van der Waals surface area contributed by atoms with Crippen molar-refractivity contribution in [2.75, 3.05) is 59.5 Å². The van der Waals surface area contributed by atoms with Gasteiger partial charge in [-0.15, -0.1) is 0 Å². The number of aliphatic hydroxyl groups is 1. The monoisotopic (exact) mass is 679 g/mol. The van der Waals surface area contributed by atoms with Crippen molar-refractivity contribution >= 4 is 29.3 Å². The maximum absolute atomic E-state index is 14.8. The number of nitrogens with zero attached hydrogens (tertiary/aromatic N) is 5. The zero-order chi connectivity index (χ0) is 34.3. The van der Waals surface area contributed by atoms with Crippen LogP contribution in [0.3, 0.4) is 0 Å². The molecule has 1 saturated carbocycles. The van der Waals surface area contributed by atoms with Crippen molar-refractivity contribution in [2.24, 2.45) is 11.3 Å². The molecule has 0 aromatic heterocycles. The van der Waals surface area contributed by atoms with Gasteiger partial charge in [0, 0.05) is 81.7 Å². The standard InChI is InChI=1S/C35H52ClF2N5O4/c1-23(2)41-20-28(24-6-8-25(36)9-7-24)29(21-41)31(45)42-19-27(18-30(42)32(46)40-16-14-39(5)15-17-40)43(33(47)34(3,4)22-44)26-10-12-35(37,38)13-11-26/h6-9,23,26-30,44H,10-22H2,1-5H3/t27-,28-,29-,30+/m0/s1. The molecular weight excluding hydrogens is 628 g/mol. The lowest BCUT2D eigenvalue weighted by molar-refractivity contribution is -0.151. The van der Waals surface area contributed by atoms with Crippen LogP contribution in [-0.4, -0.2) is 137 Å². The number of carbonyl (C=O) groups is 3. The van der Waals surface area contributed by atoms with Gasteiger partial charge in [-0.3, -0.25) is 19.3 Å². The van der Waals surface area contributed by atoms with Crippen LogP contribution in [0.15, 0.2) is 24.3 Å². The highest BCUT2D eigenvalue weighted by atomic mass is 35.5. The lowest BCUT2D eigenvalue weighted by Crippen LogP contribution is -2.55. The molecular formula is C35H52ClF2N5O4. The summed E-state index contributed by atoms with van der Waals surface area (Å²) < 4.78 is 28.6. The van der Waals surface area contributed by atoms with Crippen LogP contribution < -0.4 is 0 Å². The molecule has 262 valence electrons. The third kappa shape index (κ3) is 7.78. The predicted molar refractivity (Wildman–Crippen MR) is 177 cm³/mol. The van der Waals surface area contributed by atoms with E-state index in [1.165, 1.54) is 0 Å². The van der Waals surface area contributed by atoms with Crippen LogP contribution in [0.1, 0.15) is 71.3 Å². The van der Waals surface area contributed by atoms with Crippen molar-refractivity contribution in [3.63, 3.8) is 0 Å². The topological polar surface area (TPSA) is 87.6 Å². The van der Waals surface area contributed by atoms with Gasteiger partial charge in [-0.25, -0.2) is 8.78 Å². The van der Waals surface area contributed by atoms with Crippen LogP contribution in [0, 0.1) is 11.3 Å². The molecule has 12 heteroatoms. The molecule has 4 aliphatic rings. The van der Waals surface area contributed by atoms with Gasteiger partial charge in [0.1, 0.15) is 6.04 Å². The Morgan fingerprint density at radius 1 is 0.979 bits per heavy atom. The summed E-state index contributed by atoms with van der Waals surface area (Å²) in [6.07, 6.45) is -0.145. The second kappa shape index (κ2) is 14.3. The van der Waals surface area contributed by atoms with Crippen LogP contribution in [0.25, 0.3) is 0 Å². The number of amides is 3. The fourth-order valence-electron chi connectivity index (χ4n) is 7.85. The maximum Gasteiger partial charge on any atom is 0.248 e. The maximum atomic E-state index is 14.8. The Labute approximate surface area is 283 Å². The van der Waals surface area contributed by atoms with E-state index in [1.54, 1.807) is 23.6 Å². The van der Waals surface area contributed by atoms with Gasteiger partial charge >= 0.3 is 0 Å². The van der Waals surface area contributed by atoms with Gasteiger partial charge < -0.3 is 24.7 Å². The molecule has 1 aromatic carbocycles. The Morgan fingerprint density at radius 3 is 2.17 bits per heavy atom. The first kappa shape index (κ1) is 36.0. The number of benzene rings is 1. The highest BCUT2D eigenvalue weighted by Gasteiger charge is 2.52. The molecule has 9 nitrogen and oxygen atoms in total. The minimum absolute atomic E-state index is 0.104. The van der Waals surface area contributed by atoms with Crippen molar-refractivity contribution in [2.45, 2.75) is 95.8 Å². The molecule has 5 rings (SSSR count). The van der Waals surface area contributed by atoms with Gasteiger partial charge in [-0.1, -0.05) is 23.7 Å². The summed E-state index contributed by atoms with van der Waals surface area (Å²) >= 11 is 6.21. The summed E-state index contributed by atoms with van der Waals surface area (Å²) in [6, 6.07) is 6.05. The third-order valence-electron chi connectivity index (χ3n) is 11.0. The molecule has 0 bridgehead atoms. The Kier molecular flexibility index (Phi) is 10.9. The van der Waals surface area contributed by atoms with E-state index in [0.717, 1.165) is 18.7 Å². The van der Waals surface area contributed by atoms with Gasteiger partial charge in [-0.05, 0) is 71.7 Å². The normalized spacial score (nSPS) is 27.9. The molecule has 1 aliphatic carbocycles. The van der Waals surface area contributed by atoms with Crippen molar-refractivity contribution in [1.29, 1.82) is 0 Å². The zero-order valence-electron chi connectivity index (χ0n) is 28.5. The average Bonchev–Trinajstić information content (AvgIpc) is 3.68. The van der Waals surface area contributed by atoms with Gasteiger partial charge in [0.25, 0.3) is 0 Å². The Morgan fingerprint density at radius 2 is 1.60 bits per heavy atom. The third-order valence-corrected chi connectivity index (χ3v) is 11.3. The highest BCUT2D eigenvalue weighted by molar-refractivity contribution is 6.30. The smallest absolute Gasteiger partial charge is 0.248 e. The lowest BCUT2D eigenvalue weighted by Gasteiger charge is -2.43. The summed E-state index contributed by atoms with van der Waals surface area (Å²) in [5.41, 5.74) is -0.129. The first-order chi connectivity index (χ1) is 22.1. The quantitative estimate of drug-likeness (QED) is 0.448. The van der Waals surface area contributed by atoms with E-state index >= 15 is 0 Å². The van der Waals surface area contributed by atoms with Crippen LogP contribution >= 0.6 is 11.6 Å². The predicted octanol–water partition coefficient (Wildman–Crippen LogP) is 3.93. The van der Waals surface area contributed by atoms with E-state index in [1.807, 2.05) is 36.2 Å². The van der Waals surface area contributed by atoms with Crippen molar-refractivity contribution in [1.82, 2.24) is 24.5 Å². The fraction of sp³-hybridized carbons (Fsp3) is 0.743. The fourth-order valence-corrected chi connectivity index (χ4v) is 7.97. The van der Waals surface area contributed by atoms with E-state index in [-0.39, 0.29) is 68.3 Å². The summed E-state index contributed by atoms with van der Waals surface area (Å²) in [6.45, 7) is 11.1. The minimum Gasteiger partial charge on any atom is -0.395 e. The molecule has 0 unspecified atom stereocenters. The van der Waals surface area contributed by atoms with E-state index in [9.17, 15) is 28.3 Å². The number of piperazine rings is 1. The first-order valence-corrected chi connectivity index (χ1v) is 17.6. The average molecular weight is 680 g/mol. The Hall–Kier alpha value is -2.34. The van der Waals surface area contributed by atoms with Gasteiger partial charge in [0.05, 0.1) is 24.0 Å². The number of likely N-dealkylation sites (tertiary alicyclic amines) is 2. The zero-order valence-corrected chi connectivity index (χ0v) is 29.3. The lowest BCUT2D eigenvalue weighted by atomic mass is 9.86. The van der Waals surface area contributed by atoms with E-state index < -0.39 is 42.0 Å². The van der Waals surface area contributed by atoms with E-state index in [0.29, 0.717) is 31.2 Å². The van der Waals surface area contributed by atoms with Crippen LogP contribution in [0.4, 0.5) is 8.78 Å². The second-order valence-corrected chi connectivity index (χ2v) is 15.6. The van der Waals surface area contributed by atoms with Crippen molar-refractivity contribution < 1.29 is 28.3 Å². The number of hydrogen-bond donors (Lipinski definition) is 1. The molecule has 4 atom stereocenters. The number of hydrogen-bond acceptors (Lipinski definition) is 6. The number of rotatable bonds is 8. The SMILES string of the molecule is CC(C)N1C[C@H](C(=O)N2C[C@@H](N(C(=O)C(C)(C)CO)C3CCC(F)(F)CC3)C[C@@H]2C(=O)N2CCN(C)CC2)[C@H](c2ccc(Cl)cc2)C1. The molecule has 0 spiro atoms. The number of aliphatic hydroxyl groups excluding tert-OH is 1. The van der Waals surface area contributed by atoms with Crippen LogP contribution in [0.5, 0.6) is 0 Å². The van der Waals surface area contributed by atoms with Gasteiger partial charge in [-0.2, -0.15) is 0 Å². The van der Waals surface area contributed by atoms with E-state index in [2.05, 4.69) is 23.6 Å². The number of halogens is 3. The highest BCUT2D eigenvalue weighted by Crippen LogP contribution is 2.41. The van der Waals surface area contributed by atoms with Crippen LogP contribution in [-0.2, 0) is 14.4 Å². The summed E-state index contributed by atoms with van der Waals surface area (Å²) in [5.74, 6) is -3.87. The van der Waals surface area contributed by atoms with Crippen molar-refractivity contribution in [3.05, 3.63) is 34.9 Å². The first-order valence-electron chi connectivity index (χ1n) is 17.2. The number of likely N-dealkylation sites (N-methyl/N-ethyl adjacent to an activating group) is 1. The minimum atomic E-state index is -2.78. The van der Waals surface area contributed by atoms with Gasteiger partial charge in [0.15, 0.2) is 0 Å². The number of alkyl halides is 2. The molecule has 3 saturated heterocycles. The summed E-state index contributed by atoms with van der Waals surface area (Å²) in [5, 5.41) is 10.8. The molecule has 47 heavy (non-hydrogen) atoms. The molecule has 1 N–H and O–H groups in total. The molecule has 3 amide bonds. The Bertz CT molecular complexity index is 1280. The van der Waals surface area contributed by atoms with E-state index in [4.69, 9.17) is 11.6 Å². The van der Waals surface area contributed by atoms with Crippen LogP contribution in [0.2, 0.25) is 5.02 Å². The number of carbonyl (C=O) groups excluding carboxylic acids is 3. The largest absolute Gasteiger partial charge is 0.395 e. The Balaban J connectivity index is 1.49. The molecule has 4 fully saturated rings. The summed E-state index contributed by atoms with van der Waals surface area (Å²) in [7, 11) is 2.01. The molecule has 0 radical (unpaired) electrons. The molecule has 3 heterocycles. The molecule has 1 aromatic rings.